The molecule has 1 rings (SSSR count). The van der Waals surface area contributed by atoms with Crippen molar-refractivity contribution in [1.29, 1.82) is 0 Å². The minimum atomic E-state index is -0.296. The minimum absolute atomic E-state index is 0.0654. The van der Waals surface area contributed by atoms with Crippen molar-refractivity contribution in [3.8, 4) is 0 Å². The molecule has 1 aliphatic heterocycles. The summed E-state index contributed by atoms with van der Waals surface area (Å²) in [5, 5.41) is 2.69. The fourth-order valence-electron chi connectivity index (χ4n) is 2.15. The molecular formula is C13H22N2O3. The zero-order chi connectivity index (χ0) is 13.5. The van der Waals surface area contributed by atoms with Crippen molar-refractivity contribution in [3.63, 3.8) is 0 Å². The molecule has 5 heteroatoms. The van der Waals surface area contributed by atoms with Crippen LogP contribution in [0.3, 0.4) is 0 Å². The first-order chi connectivity index (χ1) is 8.58. The van der Waals surface area contributed by atoms with E-state index in [9.17, 15) is 9.59 Å². The van der Waals surface area contributed by atoms with E-state index in [2.05, 4.69) is 15.0 Å². The average Bonchev–Trinajstić information content (AvgIpc) is 2.43. The Bertz CT molecular complexity index is 339. The third kappa shape index (κ3) is 4.14. The van der Waals surface area contributed by atoms with Crippen molar-refractivity contribution in [3.05, 3.63) is 11.6 Å². The van der Waals surface area contributed by atoms with Crippen molar-refractivity contribution < 1.29 is 14.3 Å². The smallest absolute Gasteiger partial charge is 0.333 e. The molecule has 0 bridgehead atoms. The Morgan fingerprint density at radius 1 is 1.50 bits per heavy atom. The molecule has 0 aromatic heterocycles. The van der Waals surface area contributed by atoms with E-state index < -0.39 is 0 Å². The minimum Gasteiger partial charge on any atom is -0.466 e. The van der Waals surface area contributed by atoms with Crippen molar-refractivity contribution in [2.75, 3.05) is 33.8 Å². The fraction of sp³-hybridized carbons (Fsp3) is 0.692. The summed E-state index contributed by atoms with van der Waals surface area (Å²) in [6, 6.07) is 0. The van der Waals surface area contributed by atoms with Gasteiger partial charge in [0.2, 0.25) is 5.91 Å². The monoisotopic (exact) mass is 254 g/mol. The maximum Gasteiger partial charge on any atom is 0.333 e. The van der Waals surface area contributed by atoms with Crippen molar-refractivity contribution in [1.82, 2.24) is 10.2 Å². The molecule has 1 heterocycles. The Morgan fingerprint density at radius 2 is 2.22 bits per heavy atom. The van der Waals surface area contributed by atoms with Crippen LogP contribution < -0.4 is 5.32 Å². The lowest BCUT2D eigenvalue weighted by Crippen LogP contribution is -2.42. The molecule has 0 aromatic carbocycles. The van der Waals surface area contributed by atoms with E-state index in [1.54, 1.807) is 14.0 Å². The Balaban J connectivity index is 2.48. The molecule has 0 saturated carbocycles. The quantitative estimate of drug-likeness (QED) is 0.588. The lowest BCUT2D eigenvalue weighted by Gasteiger charge is -2.30. The van der Waals surface area contributed by atoms with Gasteiger partial charge in [-0.25, -0.2) is 4.79 Å². The van der Waals surface area contributed by atoms with Crippen molar-refractivity contribution in [2.45, 2.75) is 19.8 Å². The van der Waals surface area contributed by atoms with Crippen LogP contribution in [-0.4, -0.2) is 50.6 Å². The second kappa shape index (κ2) is 7.16. The van der Waals surface area contributed by atoms with Gasteiger partial charge in [0.25, 0.3) is 0 Å². The molecule has 1 aliphatic rings. The van der Waals surface area contributed by atoms with E-state index in [0.29, 0.717) is 12.1 Å². The predicted molar refractivity (Wildman–Crippen MR) is 69.0 cm³/mol. The zero-order valence-corrected chi connectivity index (χ0v) is 11.4. The normalized spacial score (nSPS) is 21.5. The van der Waals surface area contributed by atoms with Crippen LogP contribution in [-0.2, 0) is 14.3 Å². The molecule has 18 heavy (non-hydrogen) atoms. The van der Waals surface area contributed by atoms with Gasteiger partial charge in [-0.2, -0.15) is 0 Å². The maximum absolute atomic E-state index is 11.6. The van der Waals surface area contributed by atoms with Crippen molar-refractivity contribution >= 4 is 11.9 Å². The number of ether oxygens (including phenoxy) is 1. The lowest BCUT2D eigenvalue weighted by molar-refractivity contribution is -0.136. The third-order valence-electron chi connectivity index (χ3n) is 3.29. The summed E-state index contributed by atoms with van der Waals surface area (Å²) in [6.07, 6.45) is 3.82. The summed E-state index contributed by atoms with van der Waals surface area (Å²) in [7, 11) is 3.05. The number of rotatable bonds is 4. The number of hydrogen-bond donors (Lipinski definition) is 1. The van der Waals surface area contributed by atoms with E-state index in [1.165, 1.54) is 7.11 Å². The molecule has 5 nitrogen and oxygen atoms in total. The molecule has 1 fully saturated rings. The van der Waals surface area contributed by atoms with E-state index in [-0.39, 0.29) is 17.8 Å². The van der Waals surface area contributed by atoms with Gasteiger partial charge in [-0.15, -0.1) is 0 Å². The number of carbonyl (C=O) groups excluding carboxylic acids is 2. The highest BCUT2D eigenvalue weighted by Crippen LogP contribution is 2.16. The van der Waals surface area contributed by atoms with Gasteiger partial charge in [-0.3, -0.25) is 9.69 Å². The summed E-state index contributed by atoms with van der Waals surface area (Å²) < 4.78 is 4.64. The molecule has 1 unspecified atom stereocenters. The lowest BCUT2D eigenvalue weighted by atomic mass is 9.97. The van der Waals surface area contributed by atoms with E-state index in [4.69, 9.17) is 0 Å². The van der Waals surface area contributed by atoms with Crippen LogP contribution in [0.1, 0.15) is 19.8 Å². The number of amides is 1. The Kier molecular flexibility index (Phi) is 5.85. The van der Waals surface area contributed by atoms with Gasteiger partial charge in [-0.05, 0) is 26.3 Å². The third-order valence-corrected chi connectivity index (χ3v) is 3.29. The van der Waals surface area contributed by atoms with Gasteiger partial charge >= 0.3 is 5.97 Å². The molecule has 0 radical (unpaired) electrons. The van der Waals surface area contributed by atoms with Gasteiger partial charge in [0, 0.05) is 25.7 Å². The number of esters is 1. The first-order valence-electron chi connectivity index (χ1n) is 6.27. The Morgan fingerprint density at radius 3 is 2.83 bits per heavy atom. The van der Waals surface area contributed by atoms with E-state index >= 15 is 0 Å². The fourth-order valence-corrected chi connectivity index (χ4v) is 2.15. The number of piperidine rings is 1. The number of likely N-dealkylation sites (tertiary alicyclic amines) is 1. The SMILES string of the molecule is CNC(=O)C1CCCN(C/C=C(/C)C(=O)OC)C1. The first-order valence-corrected chi connectivity index (χ1v) is 6.27. The number of nitrogens with one attached hydrogen (secondary N) is 1. The summed E-state index contributed by atoms with van der Waals surface area (Å²) in [6.45, 7) is 4.16. The Labute approximate surface area is 108 Å². The summed E-state index contributed by atoms with van der Waals surface area (Å²) in [5.74, 6) is -0.126. The highest BCUT2D eigenvalue weighted by Gasteiger charge is 2.24. The number of hydrogen-bond acceptors (Lipinski definition) is 4. The highest BCUT2D eigenvalue weighted by molar-refractivity contribution is 5.87. The molecule has 0 aromatic rings. The molecular weight excluding hydrogens is 232 g/mol. The average molecular weight is 254 g/mol. The van der Waals surface area contributed by atoms with Gasteiger partial charge < -0.3 is 10.1 Å². The highest BCUT2D eigenvalue weighted by atomic mass is 16.5. The Hall–Kier alpha value is -1.36. The van der Waals surface area contributed by atoms with Gasteiger partial charge in [-0.1, -0.05) is 6.08 Å². The number of nitrogens with zero attached hydrogens (tertiary/aromatic N) is 1. The van der Waals surface area contributed by atoms with Gasteiger partial charge in [0.1, 0.15) is 0 Å². The van der Waals surface area contributed by atoms with Gasteiger partial charge in [0.05, 0.1) is 13.0 Å². The van der Waals surface area contributed by atoms with Crippen LogP contribution in [0.15, 0.2) is 11.6 Å². The van der Waals surface area contributed by atoms with Crippen LogP contribution in [0.2, 0.25) is 0 Å². The number of methoxy groups -OCH3 is 1. The van der Waals surface area contributed by atoms with Crippen LogP contribution in [0.4, 0.5) is 0 Å². The summed E-state index contributed by atoms with van der Waals surface area (Å²) in [4.78, 5) is 25.0. The molecule has 0 spiro atoms. The van der Waals surface area contributed by atoms with Crippen LogP contribution >= 0.6 is 0 Å². The largest absolute Gasteiger partial charge is 0.466 e. The van der Waals surface area contributed by atoms with Crippen molar-refractivity contribution in [2.24, 2.45) is 5.92 Å². The molecule has 102 valence electrons. The van der Waals surface area contributed by atoms with Gasteiger partial charge in [0.15, 0.2) is 0 Å². The predicted octanol–water partition coefficient (Wildman–Crippen LogP) is 0.564. The molecule has 1 saturated heterocycles. The first kappa shape index (κ1) is 14.7. The zero-order valence-electron chi connectivity index (χ0n) is 11.4. The molecule has 0 aliphatic carbocycles. The maximum atomic E-state index is 11.6. The topological polar surface area (TPSA) is 58.6 Å². The summed E-state index contributed by atoms with van der Waals surface area (Å²) >= 11 is 0. The van der Waals surface area contributed by atoms with Crippen LogP contribution in [0.5, 0.6) is 0 Å². The molecule has 1 atom stereocenters. The van der Waals surface area contributed by atoms with Crippen LogP contribution in [0.25, 0.3) is 0 Å². The second-order valence-corrected chi connectivity index (χ2v) is 4.59. The molecule has 1 N–H and O–H groups in total. The number of carbonyl (C=O) groups is 2. The molecule has 1 amide bonds. The standard InChI is InChI=1S/C13H22N2O3/c1-10(13(17)18-3)6-8-15-7-4-5-11(9-15)12(16)14-2/h6,11H,4-5,7-9H2,1-3H3,(H,14,16)/b10-6-. The van der Waals surface area contributed by atoms with E-state index in [0.717, 1.165) is 25.9 Å². The second-order valence-electron chi connectivity index (χ2n) is 4.59. The van der Waals surface area contributed by atoms with Crippen LogP contribution in [0, 0.1) is 5.92 Å². The summed E-state index contributed by atoms with van der Waals surface area (Å²) in [5.41, 5.74) is 0.611. The van der Waals surface area contributed by atoms with E-state index in [1.807, 2.05) is 6.08 Å².